The number of nitriles is 1. The first kappa shape index (κ1) is 30.9. The van der Waals surface area contributed by atoms with Crippen molar-refractivity contribution in [2.75, 3.05) is 28.7 Å². The molecule has 2 amide bonds. The standard InChI is InChI=1S/C33H38N10O3/c1-42-20-25(19-38-42)23-7-12-30(35-17-23)43(33(45)37-16-22-5-3-2-4-6-22)27-10-8-26(9-11-27)39-32-36-18-24(15-34)31(41-32)40-28-21-46-14-13-29(28)44/h2-7,12,17-20,26-29,44H,8-11,13-14,16,21H2,1H3,(H,37,45)(H2,36,39,40,41)/t26-,27-,28-,29-/m1/s1. The molecule has 2 fully saturated rings. The van der Waals surface area contributed by atoms with Crippen molar-refractivity contribution in [2.24, 2.45) is 7.05 Å². The van der Waals surface area contributed by atoms with Crippen LogP contribution in [0.1, 0.15) is 43.2 Å². The Morgan fingerprint density at radius 2 is 1.87 bits per heavy atom. The van der Waals surface area contributed by atoms with E-state index < -0.39 is 6.10 Å². The fraction of sp³-hybridized carbons (Fsp3) is 0.394. The van der Waals surface area contributed by atoms with Crippen LogP contribution in [0, 0.1) is 11.3 Å². The van der Waals surface area contributed by atoms with E-state index in [-0.39, 0.29) is 24.2 Å². The van der Waals surface area contributed by atoms with Crippen molar-refractivity contribution in [1.82, 2.24) is 30.0 Å². The molecule has 2 aliphatic rings. The van der Waals surface area contributed by atoms with Crippen molar-refractivity contribution in [1.29, 1.82) is 5.26 Å². The van der Waals surface area contributed by atoms with Gasteiger partial charge >= 0.3 is 6.03 Å². The number of hydrogen-bond donors (Lipinski definition) is 4. The number of rotatable bonds is 9. The van der Waals surface area contributed by atoms with E-state index in [9.17, 15) is 15.2 Å². The molecule has 1 aliphatic carbocycles. The smallest absolute Gasteiger partial charge is 0.323 e. The topological polar surface area (TPSA) is 166 Å². The van der Waals surface area contributed by atoms with Crippen LogP contribution in [-0.4, -0.2) is 73.3 Å². The minimum atomic E-state index is -0.587. The van der Waals surface area contributed by atoms with Gasteiger partial charge in [-0.3, -0.25) is 9.58 Å². The summed E-state index contributed by atoms with van der Waals surface area (Å²) < 4.78 is 7.23. The lowest BCUT2D eigenvalue weighted by atomic mass is 9.90. The van der Waals surface area contributed by atoms with Gasteiger partial charge in [0, 0.05) is 55.8 Å². The van der Waals surface area contributed by atoms with Crippen LogP contribution in [0.4, 0.5) is 22.4 Å². The quantitative estimate of drug-likeness (QED) is 0.215. The number of nitrogens with one attached hydrogen (secondary N) is 3. The van der Waals surface area contributed by atoms with E-state index >= 15 is 0 Å². The minimum absolute atomic E-state index is 0.0579. The van der Waals surface area contributed by atoms with Gasteiger partial charge in [0.25, 0.3) is 0 Å². The summed E-state index contributed by atoms with van der Waals surface area (Å²) in [5.74, 6) is 1.36. The number of hydrogen-bond acceptors (Lipinski definition) is 10. The summed E-state index contributed by atoms with van der Waals surface area (Å²) in [6, 6.07) is 15.3. The van der Waals surface area contributed by atoms with E-state index in [1.54, 1.807) is 22.0 Å². The largest absolute Gasteiger partial charge is 0.391 e. The highest BCUT2D eigenvalue weighted by Crippen LogP contribution is 2.30. The molecule has 238 valence electrons. The number of anilines is 3. The number of pyridine rings is 1. The maximum Gasteiger partial charge on any atom is 0.323 e. The second-order valence-corrected chi connectivity index (χ2v) is 11.7. The Labute approximate surface area is 267 Å². The molecule has 4 aromatic rings. The van der Waals surface area contributed by atoms with Crippen LogP contribution < -0.4 is 20.9 Å². The number of ether oxygens (including phenoxy) is 1. The third-order valence-electron chi connectivity index (χ3n) is 8.48. The van der Waals surface area contributed by atoms with Gasteiger partial charge in [0.15, 0.2) is 0 Å². The second kappa shape index (κ2) is 14.4. The molecule has 1 aromatic carbocycles. The summed E-state index contributed by atoms with van der Waals surface area (Å²) in [6.07, 6.45) is 9.97. The van der Waals surface area contributed by atoms with Crippen molar-refractivity contribution >= 4 is 23.6 Å². The molecule has 6 rings (SSSR count). The third kappa shape index (κ3) is 7.42. The zero-order valence-corrected chi connectivity index (χ0v) is 25.7. The first-order valence-corrected chi connectivity index (χ1v) is 15.6. The zero-order valence-electron chi connectivity index (χ0n) is 25.7. The van der Waals surface area contributed by atoms with Crippen molar-refractivity contribution < 1.29 is 14.6 Å². The van der Waals surface area contributed by atoms with Crippen LogP contribution in [0.2, 0.25) is 0 Å². The van der Waals surface area contributed by atoms with Crippen molar-refractivity contribution in [3.05, 3.63) is 78.4 Å². The maximum atomic E-state index is 13.7. The molecule has 46 heavy (non-hydrogen) atoms. The lowest BCUT2D eigenvalue weighted by Gasteiger charge is -2.36. The molecule has 2 atom stereocenters. The molecule has 0 spiro atoms. The highest BCUT2D eigenvalue weighted by atomic mass is 16.5. The minimum Gasteiger partial charge on any atom is -0.391 e. The van der Waals surface area contributed by atoms with E-state index in [4.69, 9.17) is 9.72 Å². The van der Waals surface area contributed by atoms with Gasteiger partial charge in [0.05, 0.1) is 31.1 Å². The van der Waals surface area contributed by atoms with Gasteiger partial charge in [0.1, 0.15) is 23.3 Å². The summed E-state index contributed by atoms with van der Waals surface area (Å²) >= 11 is 0. The Hall–Kier alpha value is -5.06. The summed E-state index contributed by atoms with van der Waals surface area (Å²) in [6.45, 7) is 1.25. The molecule has 0 unspecified atom stereocenters. The summed E-state index contributed by atoms with van der Waals surface area (Å²) in [7, 11) is 1.87. The summed E-state index contributed by atoms with van der Waals surface area (Å²) in [5, 5.41) is 33.9. The molecule has 13 heteroatoms. The Morgan fingerprint density at radius 3 is 2.57 bits per heavy atom. The number of carbonyl (C=O) groups excluding carboxylic acids is 1. The van der Waals surface area contributed by atoms with Crippen LogP contribution in [-0.2, 0) is 18.3 Å². The molecule has 1 saturated heterocycles. The SMILES string of the molecule is Cn1cc(-c2ccc(N(C(=O)NCc3ccccc3)[C@H]3CC[C@H](Nc4ncc(C#N)c(N[C@@H]5COCC[C@H]5O)n4)CC3)nc2)cn1. The molecular formula is C33H38N10O3. The summed E-state index contributed by atoms with van der Waals surface area (Å²) in [4.78, 5) is 29.1. The number of amides is 2. The van der Waals surface area contributed by atoms with Gasteiger partial charge in [-0.15, -0.1) is 0 Å². The van der Waals surface area contributed by atoms with Crippen LogP contribution in [0.25, 0.3) is 11.1 Å². The number of aliphatic hydroxyl groups is 1. The molecule has 1 aliphatic heterocycles. The van der Waals surface area contributed by atoms with E-state index in [1.165, 1.54) is 6.20 Å². The third-order valence-corrected chi connectivity index (χ3v) is 8.48. The number of benzene rings is 1. The Balaban J connectivity index is 1.13. The Morgan fingerprint density at radius 1 is 1.04 bits per heavy atom. The highest BCUT2D eigenvalue weighted by molar-refractivity contribution is 5.91. The molecule has 0 radical (unpaired) electrons. The van der Waals surface area contributed by atoms with Gasteiger partial charge in [-0.1, -0.05) is 30.3 Å². The van der Waals surface area contributed by atoms with Crippen LogP contribution in [0.3, 0.4) is 0 Å². The molecule has 4 N–H and O–H groups in total. The van der Waals surface area contributed by atoms with Crippen molar-refractivity contribution in [2.45, 2.75) is 62.9 Å². The molecule has 13 nitrogen and oxygen atoms in total. The van der Waals surface area contributed by atoms with Gasteiger partial charge in [-0.25, -0.2) is 14.8 Å². The first-order chi connectivity index (χ1) is 22.5. The average molecular weight is 623 g/mol. The Bertz CT molecular complexity index is 1650. The normalized spacial score (nSPS) is 21.2. The lowest BCUT2D eigenvalue weighted by molar-refractivity contribution is 0.00304. The number of aliphatic hydroxyl groups excluding tert-OH is 1. The van der Waals surface area contributed by atoms with Gasteiger partial charge < -0.3 is 25.8 Å². The van der Waals surface area contributed by atoms with E-state index in [2.05, 4.69) is 37.1 Å². The Kier molecular flexibility index (Phi) is 9.66. The van der Waals surface area contributed by atoms with Crippen LogP contribution >= 0.6 is 0 Å². The number of nitrogens with zero attached hydrogens (tertiary/aromatic N) is 7. The molecule has 3 aromatic heterocycles. The van der Waals surface area contributed by atoms with Crippen molar-refractivity contribution in [3.63, 3.8) is 0 Å². The monoisotopic (exact) mass is 622 g/mol. The van der Waals surface area contributed by atoms with Gasteiger partial charge in [-0.2, -0.15) is 15.3 Å². The van der Waals surface area contributed by atoms with E-state index in [0.29, 0.717) is 49.3 Å². The molecule has 1 saturated carbocycles. The van der Waals surface area contributed by atoms with Crippen molar-refractivity contribution in [3.8, 4) is 17.2 Å². The van der Waals surface area contributed by atoms with E-state index in [1.807, 2.05) is 55.7 Å². The molecule has 0 bridgehead atoms. The van der Waals surface area contributed by atoms with Gasteiger partial charge in [-0.05, 0) is 49.8 Å². The number of aromatic nitrogens is 5. The highest BCUT2D eigenvalue weighted by Gasteiger charge is 2.31. The second-order valence-electron chi connectivity index (χ2n) is 11.7. The molecular weight excluding hydrogens is 584 g/mol. The number of aryl methyl sites for hydroxylation is 1. The van der Waals surface area contributed by atoms with Crippen LogP contribution in [0.5, 0.6) is 0 Å². The molecule has 4 heterocycles. The summed E-state index contributed by atoms with van der Waals surface area (Å²) in [5.41, 5.74) is 3.20. The fourth-order valence-electron chi connectivity index (χ4n) is 5.93. The average Bonchev–Trinajstić information content (AvgIpc) is 3.53. The van der Waals surface area contributed by atoms with E-state index in [0.717, 1.165) is 42.4 Å². The number of urea groups is 1. The van der Waals surface area contributed by atoms with Crippen LogP contribution in [0.15, 0.2) is 67.3 Å². The maximum absolute atomic E-state index is 13.7. The predicted octanol–water partition coefficient (Wildman–Crippen LogP) is 3.84. The van der Waals surface area contributed by atoms with Gasteiger partial charge in [0.2, 0.25) is 5.95 Å². The lowest BCUT2D eigenvalue weighted by Crippen LogP contribution is -2.49. The zero-order chi connectivity index (χ0) is 31.9. The number of carbonyl (C=O) groups is 1. The predicted molar refractivity (Wildman–Crippen MR) is 173 cm³/mol. The fourth-order valence-corrected chi connectivity index (χ4v) is 5.93. The first-order valence-electron chi connectivity index (χ1n) is 15.6.